The molecule has 0 aromatic heterocycles. The minimum absolute atomic E-state index is 0.115. The summed E-state index contributed by atoms with van der Waals surface area (Å²) in [7, 11) is 1.56. The maximum atomic E-state index is 13.3. The third-order valence-corrected chi connectivity index (χ3v) is 5.56. The monoisotopic (exact) mass is 446 g/mol. The summed E-state index contributed by atoms with van der Waals surface area (Å²) in [5.74, 6) is -1.68. The zero-order chi connectivity index (χ0) is 22.7. The number of nitrogens with zero attached hydrogens (tertiary/aromatic N) is 1. The fraction of sp³-hybridized carbons (Fsp3) is 0.391. The zero-order valence-corrected chi connectivity index (χ0v) is 17.6. The van der Waals surface area contributed by atoms with Crippen LogP contribution in [0.1, 0.15) is 30.7 Å². The Kier molecular flexibility index (Phi) is 6.55. The normalized spacial score (nSPS) is 20.5. The van der Waals surface area contributed by atoms with Gasteiger partial charge in [0.2, 0.25) is 11.8 Å². The maximum Gasteiger partial charge on any atom is 0.243 e. The van der Waals surface area contributed by atoms with Crippen molar-refractivity contribution < 1.29 is 32.6 Å². The molecule has 0 aliphatic carbocycles. The molecule has 2 fully saturated rings. The summed E-state index contributed by atoms with van der Waals surface area (Å²) in [5, 5.41) is 2.49. The molecule has 0 spiro atoms. The fourth-order valence-electron chi connectivity index (χ4n) is 3.92. The van der Waals surface area contributed by atoms with Gasteiger partial charge in [-0.25, -0.2) is 8.78 Å². The van der Waals surface area contributed by atoms with Gasteiger partial charge in [0.25, 0.3) is 0 Å². The zero-order valence-electron chi connectivity index (χ0n) is 17.6. The first-order chi connectivity index (χ1) is 15.4. The first kappa shape index (κ1) is 22.0. The van der Waals surface area contributed by atoms with Gasteiger partial charge in [0, 0.05) is 37.1 Å². The summed E-state index contributed by atoms with van der Waals surface area (Å²) in [5.41, 5.74) is 1.03. The van der Waals surface area contributed by atoms with E-state index in [9.17, 15) is 18.4 Å². The molecule has 0 radical (unpaired) electrons. The van der Waals surface area contributed by atoms with Gasteiger partial charge < -0.3 is 24.4 Å². The lowest BCUT2D eigenvalue weighted by Gasteiger charge is -2.19. The summed E-state index contributed by atoms with van der Waals surface area (Å²) in [6.07, 6.45) is 1.67. The average molecular weight is 446 g/mol. The minimum atomic E-state index is -1.05. The Hall–Kier alpha value is -3.20. The topological polar surface area (TPSA) is 77.1 Å². The van der Waals surface area contributed by atoms with E-state index in [4.69, 9.17) is 14.2 Å². The van der Waals surface area contributed by atoms with Crippen LogP contribution >= 0.6 is 0 Å². The van der Waals surface area contributed by atoms with Crippen molar-refractivity contribution >= 4 is 17.5 Å². The molecule has 32 heavy (non-hydrogen) atoms. The number of benzene rings is 2. The van der Waals surface area contributed by atoms with E-state index in [1.165, 1.54) is 11.0 Å². The van der Waals surface area contributed by atoms with Crippen LogP contribution in [0.3, 0.4) is 0 Å². The Bertz CT molecular complexity index is 1010. The van der Waals surface area contributed by atoms with E-state index >= 15 is 0 Å². The van der Waals surface area contributed by atoms with E-state index in [1.807, 2.05) is 12.1 Å². The lowest BCUT2D eigenvalue weighted by atomic mass is 9.98. The highest BCUT2D eigenvalue weighted by Gasteiger charge is 2.32. The molecular formula is C23H24F2N2O5. The van der Waals surface area contributed by atoms with Crippen molar-refractivity contribution in [2.45, 2.75) is 31.5 Å². The summed E-state index contributed by atoms with van der Waals surface area (Å²) in [6.45, 7) is 0.838. The fourth-order valence-corrected chi connectivity index (χ4v) is 3.92. The molecule has 2 heterocycles. The Morgan fingerprint density at radius 2 is 2.03 bits per heavy atom. The Balaban J connectivity index is 1.40. The van der Waals surface area contributed by atoms with Crippen LogP contribution < -0.4 is 14.8 Å². The number of halogens is 2. The van der Waals surface area contributed by atoms with Crippen LogP contribution in [0.2, 0.25) is 0 Å². The molecule has 2 aliphatic rings. The van der Waals surface area contributed by atoms with Crippen molar-refractivity contribution in [1.29, 1.82) is 0 Å². The van der Waals surface area contributed by atoms with Crippen molar-refractivity contribution in [2.75, 3.05) is 32.1 Å². The Labute approximate surface area is 184 Å². The maximum absolute atomic E-state index is 13.3. The largest absolute Gasteiger partial charge is 0.493 e. The summed E-state index contributed by atoms with van der Waals surface area (Å²) in [4.78, 5) is 26.3. The predicted octanol–water partition coefficient (Wildman–Crippen LogP) is 3.44. The third-order valence-electron chi connectivity index (χ3n) is 5.56. The molecule has 0 bridgehead atoms. The number of ether oxygens (including phenoxy) is 3. The van der Waals surface area contributed by atoms with E-state index in [0.717, 1.165) is 30.5 Å². The first-order valence-corrected chi connectivity index (χ1v) is 10.4. The third kappa shape index (κ3) is 4.99. The molecule has 9 heteroatoms. The number of carbonyl (C=O) groups is 2. The van der Waals surface area contributed by atoms with Gasteiger partial charge in [-0.3, -0.25) is 9.59 Å². The summed E-state index contributed by atoms with van der Waals surface area (Å²) >= 11 is 0. The molecule has 2 aromatic rings. The van der Waals surface area contributed by atoms with E-state index in [2.05, 4.69) is 5.32 Å². The van der Waals surface area contributed by atoms with Crippen LogP contribution in [-0.2, 0) is 14.3 Å². The summed E-state index contributed by atoms with van der Waals surface area (Å²) < 4.78 is 43.2. The van der Waals surface area contributed by atoms with Crippen LogP contribution in [0, 0.1) is 11.6 Å². The van der Waals surface area contributed by atoms with Crippen LogP contribution in [0.15, 0.2) is 36.4 Å². The number of likely N-dealkylation sites (tertiary alicyclic amines) is 1. The Morgan fingerprint density at radius 3 is 2.75 bits per heavy atom. The number of anilines is 1. The van der Waals surface area contributed by atoms with Crippen LogP contribution in [0.4, 0.5) is 14.5 Å². The molecule has 170 valence electrons. The molecule has 2 atom stereocenters. The molecule has 7 nitrogen and oxygen atoms in total. The van der Waals surface area contributed by atoms with Gasteiger partial charge in [0.15, 0.2) is 29.4 Å². The van der Waals surface area contributed by atoms with Crippen LogP contribution in [0.25, 0.3) is 0 Å². The van der Waals surface area contributed by atoms with E-state index in [-0.39, 0.29) is 36.8 Å². The summed E-state index contributed by atoms with van der Waals surface area (Å²) in [6, 6.07) is 8.62. The highest BCUT2D eigenvalue weighted by Crippen LogP contribution is 2.36. The highest BCUT2D eigenvalue weighted by atomic mass is 19.2. The second-order valence-corrected chi connectivity index (χ2v) is 7.82. The van der Waals surface area contributed by atoms with E-state index in [0.29, 0.717) is 24.7 Å². The second kappa shape index (κ2) is 9.52. The second-order valence-electron chi connectivity index (χ2n) is 7.82. The number of hydrogen-bond acceptors (Lipinski definition) is 5. The van der Waals surface area contributed by atoms with Gasteiger partial charge in [-0.15, -0.1) is 0 Å². The lowest BCUT2D eigenvalue weighted by Crippen LogP contribution is -2.34. The van der Waals surface area contributed by atoms with Crippen molar-refractivity contribution in [3.63, 3.8) is 0 Å². The molecule has 0 saturated carbocycles. The number of nitrogens with one attached hydrogen (secondary N) is 1. The molecule has 1 N–H and O–H groups in total. The standard InChI is InChI=1S/C23H24F2N2O5/c1-30-19-7-4-14(9-20(19)32-23-3-2-8-31-23)15-10-22(29)27(12-15)13-21(28)26-16-5-6-17(24)18(25)11-16/h4-7,9,11,15,23H,2-3,8,10,12-13H2,1H3,(H,26,28)/t15-,23?/m1/s1. The molecule has 2 amide bonds. The van der Waals surface area contributed by atoms with Gasteiger partial charge in [0.05, 0.1) is 20.3 Å². The molecule has 2 saturated heterocycles. The average Bonchev–Trinajstić information content (AvgIpc) is 3.40. The molecular weight excluding hydrogens is 422 g/mol. The van der Waals surface area contributed by atoms with Crippen LogP contribution in [0.5, 0.6) is 11.5 Å². The van der Waals surface area contributed by atoms with Gasteiger partial charge in [0.1, 0.15) is 0 Å². The molecule has 2 aromatic carbocycles. The molecule has 1 unspecified atom stereocenters. The van der Waals surface area contributed by atoms with Crippen molar-refractivity contribution in [3.8, 4) is 11.5 Å². The van der Waals surface area contributed by atoms with Crippen molar-refractivity contribution in [3.05, 3.63) is 53.6 Å². The van der Waals surface area contributed by atoms with E-state index < -0.39 is 17.5 Å². The highest BCUT2D eigenvalue weighted by molar-refractivity contribution is 5.95. The van der Waals surface area contributed by atoms with Gasteiger partial charge in [-0.05, 0) is 36.2 Å². The van der Waals surface area contributed by atoms with Crippen LogP contribution in [-0.4, -0.2) is 49.8 Å². The smallest absolute Gasteiger partial charge is 0.243 e. The van der Waals surface area contributed by atoms with Gasteiger partial charge in [-0.2, -0.15) is 0 Å². The van der Waals surface area contributed by atoms with Gasteiger partial charge >= 0.3 is 0 Å². The number of rotatable bonds is 7. The van der Waals surface area contributed by atoms with Gasteiger partial charge in [-0.1, -0.05) is 6.07 Å². The SMILES string of the molecule is COc1ccc([C@@H]2CC(=O)N(CC(=O)Nc3ccc(F)c(F)c3)C2)cc1OC1CCCO1. The van der Waals surface area contributed by atoms with Crippen molar-refractivity contribution in [2.24, 2.45) is 0 Å². The quantitative estimate of drug-likeness (QED) is 0.705. The predicted molar refractivity (Wildman–Crippen MR) is 112 cm³/mol. The Morgan fingerprint density at radius 1 is 1.19 bits per heavy atom. The lowest BCUT2D eigenvalue weighted by molar-refractivity contribution is -0.131. The first-order valence-electron chi connectivity index (χ1n) is 10.4. The minimum Gasteiger partial charge on any atom is -0.493 e. The molecule has 4 rings (SSSR count). The molecule has 2 aliphatic heterocycles. The number of methoxy groups -OCH3 is 1. The van der Waals surface area contributed by atoms with Crippen molar-refractivity contribution in [1.82, 2.24) is 4.90 Å². The number of carbonyl (C=O) groups excluding carboxylic acids is 2. The number of amides is 2. The van der Waals surface area contributed by atoms with E-state index in [1.54, 1.807) is 13.2 Å². The number of hydrogen-bond donors (Lipinski definition) is 1.